The zero-order chi connectivity index (χ0) is 22.1. The number of halogens is 2. The molecule has 2 aromatic carbocycles. The molecule has 1 fully saturated rings. The summed E-state index contributed by atoms with van der Waals surface area (Å²) in [5, 5.41) is 3.90. The van der Waals surface area contributed by atoms with Gasteiger partial charge in [0.05, 0.1) is 10.8 Å². The van der Waals surface area contributed by atoms with Crippen LogP contribution in [0, 0.1) is 26.7 Å². The molecule has 0 spiro atoms. The van der Waals surface area contributed by atoms with Crippen LogP contribution in [0.25, 0.3) is 0 Å². The molecule has 0 unspecified atom stereocenters. The number of aryl methyl sites for hydroxylation is 3. The minimum absolute atomic E-state index is 0.168. The van der Waals surface area contributed by atoms with Crippen molar-refractivity contribution in [2.24, 2.45) is 5.92 Å². The zero-order valence-electron chi connectivity index (χ0n) is 17.3. The number of piperidine rings is 1. The van der Waals surface area contributed by atoms with Gasteiger partial charge in [0.1, 0.15) is 0 Å². The number of sulfonamides is 1. The van der Waals surface area contributed by atoms with Gasteiger partial charge in [0, 0.05) is 29.7 Å². The predicted octanol–water partition coefficient (Wildman–Crippen LogP) is 4.64. The molecule has 1 N–H and O–H groups in total. The van der Waals surface area contributed by atoms with Crippen molar-refractivity contribution in [3.8, 4) is 0 Å². The van der Waals surface area contributed by atoms with E-state index in [0.29, 0.717) is 34.3 Å². The Hall–Kier alpha value is -1.60. The first kappa shape index (κ1) is 23.1. The van der Waals surface area contributed by atoms with Crippen molar-refractivity contribution in [3.05, 3.63) is 62.6 Å². The van der Waals surface area contributed by atoms with E-state index in [2.05, 4.69) is 5.32 Å². The molecule has 1 saturated heterocycles. The molecule has 1 atom stereocenters. The standard InChI is InChI=1S/C22H26Cl2N2O3S/c1-14-9-15(2)21(16(3)10-14)30(28,29)26-8-4-5-18(13-26)22(27)25-12-17-6-7-19(23)11-20(17)24/h6-7,9-11,18H,4-5,8,12-13H2,1-3H3,(H,25,27)/t18-/m1/s1. The van der Waals surface area contributed by atoms with Gasteiger partial charge in [0.25, 0.3) is 0 Å². The van der Waals surface area contributed by atoms with Gasteiger partial charge in [-0.1, -0.05) is 47.0 Å². The fourth-order valence-corrected chi connectivity index (χ4v) is 6.48. The fourth-order valence-electron chi connectivity index (χ4n) is 4.07. The molecule has 0 aliphatic carbocycles. The Kier molecular flexibility index (Phi) is 7.13. The number of nitrogens with one attached hydrogen (secondary N) is 1. The van der Waals surface area contributed by atoms with Gasteiger partial charge in [0.2, 0.25) is 15.9 Å². The summed E-state index contributed by atoms with van der Waals surface area (Å²) in [6.45, 7) is 6.45. The largest absolute Gasteiger partial charge is 0.352 e. The second-order valence-corrected chi connectivity index (χ2v) is 10.6. The SMILES string of the molecule is Cc1cc(C)c(S(=O)(=O)N2CCC[C@@H](C(=O)NCc3ccc(Cl)cc3Cl)C2)c(C)c1. The number of amides is 1. The minimum Gasteiger partial charge on any atom is -0.352 e. The van der Waals surface area contributed by atoms with E-state index >= 15 is 0 Å². The van der Waals surface area contributed by atoms with Crippen LogP contribution in [0.3, 0.4) is 0 Å². The van der Waals surface area contributed by atoms with Gasteiger partial charge >= 0.3 is 0 Å². The molecule has 3 rings (SSSR count). The van der Waals surface area contributed by atoms with Gasteiger partial charge in [-0.2, -0.15) is 4.31 Å². The van der Waals surface area contributed by atoms with E-state index < -0.39 is 15.9 Å². The van der Waals surface area contributed by atoms with Crippen LogP contribution in [0.1, 0.15) is 35.1 Å². The molecule has 162 valence electrons. The molecule has 1 amide bonds. The average molecular weight is 469 g/mol. The summed E-state index contributed by atoms with van der Waals surface area (Å²) in [6.07, 6.45) is 1.29. The summed E-state index contributed by atoms with van der Waals surface area (Å²) in [5.74, 6) is -0.566. The molecule has 5 nitrogen and oxygen atoms in total. The van der Waals surface area contributed by atoms with Gasteiger partial charge in [-0.05, 0) is 62.4 Å². The van der Waals surface area contributed by atoms with Crippen molar-refractivity contribution in [1.82, 2.24) is 9.62 Å². The lowest BCUT2D eigenvalue weighted by Gasteiger charge is -2.32. The monoisotopic (exact) mass is 468 g/mol. The number of hydrogen-bond donors (Lipinski definition) is 1. The maximum Gasteiger partial charge on any atom is 0.243 e. The molecule has 8 heteroatoms. The molecule has 1 aliphatic rings. The maximum absolute atomic E-state index is 13.3. The highest BCUT2D eigenvalue weighted by Crippen LogP contribution is 2.29. The van der Waals surface area contributed by atoms with Gasteiger partial charge < -0.3 is 5.32 Å². The number of carbonyl (C=O) groups is 1. The van der Waals surface area contributed by atoms with Crippen LogP contribution in [-0.2, 0) is 21.4 Å². The molecule has 2 aromatic rings. The fraction of sp³-hybridized carbons (Fsp3) is 0.409. The minimum atomic E-state index is -3.67. The highest BCUT2D eigenvalue weighted by Gasteiger charge is 2.34. The molecule has 1 heterocycles. The molecular weight excluding hydrogens is 443 g/mol. The summed E-state index contributed by atoms with van der Waals surface area (Å²) in [6, 6.07) is 8.88. The van der Waals surface area contributed by atoms with Crippen LogP contribution >= 0.6 is 23.2 Å². The third-order valence-electron chi connectivity index (χ3n) is 5.43. The Morgan fingerprint density at radius 2 is 1.80 bits per heavy atom. The van der Waals surface area contributed by atoms with Crippen LogP contribution in [0.2, 0.25) is 10.0 Å². The van der Waals surface area contributed by atoms with Gasteiger partial charge in [0.15, 0.2) is 0 Å². The average Bonchev–Trinajstić information content (AvgIpc) is 2.66. The molecule has 0 saturated carbocycles. The van der Waals surface area contributed by atoms with E-state index in [1.54, 1.807) is 18.2 Å². The van der Waals surface area contributed by atoms with E-state index in [0.717, 1.165) is 22.3 Å². The van der Waals surface area contributed by atoms with Crippen LogP contribution in [0.4, 0.5) is 0 Å². The summed E-state index contributed by atoms with van der Waals surface area (Å²) < 4.78 is 28.1. The second kappa shape index (κ2) is 9.27. The number of carbonyl (C=O) groups excluding carboxylic acids is 1. The maximum atomic E-state index is 13.3. The molecular formula is C22H26Cl2N2O3S. The van der Waals surface area contributed by atoms with Gasteiger partial charge in [-0.3, -0.25) is 4.79 Å². The molecule has 0 aromatic heterocycles. The number of nitrogens with zero attached hydrogens (tertiary/aromatic N) is 1. The van der Waals surface area contributed by atoms with Crippen molar-refractivity contribution in [3.63, 3.8) is 0 Å². The zero-order valence-corrected chi connectivity index (χ0v) is 19.7. The lowest BCUT2D eigenvalue weighted by Crippen LogP contribution is -2.45. The highest BCUT2D eigenvalue weighted by molar-refractivity contribution is 7.89. The van der Waals surface area contributed by atoms with Crippen LogP contribution in [0.15, 0.2) is 35.2 Å². The lowest BCUT2D eigenvalue weighted by molar-refractivity contribution is -0.126. The molecule has 0 bridgehead atoms. The van der Waals surface area contributed by atoms with Crippen molar-refractivity contribution in [1.29, 1.82) is 0 Å². The van der Waals surface area contributed by atoms with E-state index in [1.807, 2.05) is 32.9 Å². The summed E-state index contributed by atoms with van der Waals surface area (Å²) in [4.78, 5) is 13.1. The van der Waals surface area contributed by atoms with Gasteiger partial charge in [-0.15, -0.1) is 0 Å². The first-order valence-electron chi connectivity index (χ1n) is 9.89. The quantitative estimate of drug-likeness (QED) is 0.694. The molecule has 0 radical (unpaired) electrons. The van der Waals surface area contributed by atoms with Crippen molar-refractivity contribution in [2.75, 3.05) is 13.1 Å². The number of benzene rings is 2. The Morgan fingerprint density at radius 1 is 1.13 bits per heavy atom. The van der Waals surface area contributed by atoms with E-state index in [-0.39, 0.29) is 19.0 Å². The predicted molar refractivity (Wildman–Crippen MR) is 120 cm³/mol. The third-order valence-corrected chi connectivity index (χ3v) is 8.18. The first-order chi connectivity index (χ1) is 14.1. The first-order valence-corrected chi connectivity index (χ1v) is 12.1. The van der Waals surface area contributed by atoms with E-state index in [4.69, 9.17) is 23.2 Å². The van der Waals surface area contributed by atoms with Crippen LogP contribution in [0.5, 0.6) is 0 Å². The summed E-state index contributed by atoms with van der Waals surface area (Å²) in [7, 11) is -3.67. The Labute approximate surface area is 188 Å². The van der Waals surface area contributed by atoms with Crippen molar-refractivity contribution < 1.29 is 13.2 Å². The van der Waals surface area contributed by atoms with Crippen LogP contribution < -0.4 is 5.32 Å². The van der Waals surface area contributed by atoms with Gasteiger partial charge in [-0.25, -0.2) is 8.42 Å². The van der Waals surface area contributed by atoms with E-state index in [1.165, 1.54) is 4.31 Å². The number of hydrogen-bond acceptors (Lipinski definition) is 3. The normalized spacial score (nSPS) is 17.7. The lowest BCUT2D eigenvalue weighted by atomic mass is 9.99. The van der Waals surface area contributed by atoms with E-state index in [9.17, 15) is 13.2 Å². The smallest absolute Gasteiger partial charge is 0.243 e. The molecule has 1 aliphatic heterocycles. The van der Waals surface area contributed by atoms with Crippen molar-refractivity contribution in [2.45, 2.75) is 45.1 Å². The summed E-state index contributed by atoms with van der Waals surface area (Å²) in [5.41, 5.74) is 3.26. The topological polar surface area (TPSA) is 66.5 Å². The second-order valence-electron chi connectivity index (χ2n) is 7.88. The molecule has 30 heavy (non-hydrogen) atoms. The number of rotatable bonds is 5. The Balaban J connectivity index is 1.72. The van der Waals surface area contributed by atoms with Crippen LogP contribution in [-0.4, -0.2) is 31.7 Å². The Bertz CT molecular complexity index is 1050. The van der Waals surface area contributed by atoms with Crippen molar-refractivity contribution >= 4 is 39.1 Å². The highest BCUT2D eigenvalue weighted by atomic mass is 35.5. The third kappa shape index (κ3) is 4.99. The Morgan fingerprint density at radius 3 is 2.43 bits per heavy atom. The summed E-state index contributed by atoms with van der Waals surface area (Å²) >= 11 is 12.1.